The summed E-state index contributed by atoms with van der Waals surface area (Å²) in [5.41, 5.74) is 2.00. The Kier molecular flexibility index (Phi) is 5.22. The molecule has 92 valence electrons. The number of hydrogen-bond acceptors (Lipinski definition) is 2. The molecule has 1 rings (SSSR count). The summed E-state index contributed by atoms with van der Waals surface area (Å²) < 4.78 is 0.964. The molecular formula is C13H16BrNO2. The minimum absolute atomic E-state index is 0.120. The number of carboxylic acid groups (broad SMARTS) is 1. The van der Waals surface area contributed by atoms with Gasteiger partial charge < -0.3 is 10.0 Å². The van der Waals surface area contributed by atoms with Crippen LogP contribution in [0.15, 0.2) is 40.9 Å². The van der Waals surface area contributed by atoms with Crippen LogP contribution in [0.5, 0.6) is 0 Å². The van der Waals surface area contributed by atoms with Crippen LogP contribution in [0.1, 0.15) is 13.3 Å². The van der Waals surface area contributed by atoms with Crippen LogP contribution in [-0.4, -0.2) is 24.2 Å². The Bertz CT molecular complexity index is 418. The molecule has 0 heterocycles. The summed E-state index contributed by atoms with van der Waals surface area (Å²) >= 11 is 3.48. The highest BCUT2D eigenvalue weighted by atomic mass is 79.9. The third kappa shape index (κ3) is 4.61. The molecule has 17 heavy (non-hydrogen) atoms. The normalized spacial score (nSPS) is 10.0. The number of carboxylic acids is 1. The largest absolute Gasteiger partial charge is 0.481 e. The minimum atomic E-state index is -0.788. The first-order chi connectivity index (χ1) is 8.00. The Hall–Kier alpha value is -1.29. The van der Waals surface area contributed by atoms with Crippen molar-refractivity contribution in [2.45, 2.75) is 13.3 Å². The lowest BCUT2D eigenvalue weighted by Gasteiger charge is -2.25. The van der Waals surface area contributed by atoms with Crippen molar-refractivity contribution in [1.29, 1.82) is 0 Å². The standard InChI is InChI=1S/C13H16BrNO2/c1-10(2)9-15(8-7-13(16)17)12-6-4-3-5-11(12)14/h3-6H,1,7-9H2,2H3,(H,16,17). The van der Waals surface area contributed by atoms with Gasteiger partial charge in [0.15, 0.2) is 0 Å². The Morgan fingerprint density at radius 1 is 1.47 bits per heavy atom. The molecule has 4 heteroatoms. The van der Waals surface area contributed by atoms with Crippen LogP contribution < -0.4 is 4.90 Å². The highest BCUT2D eigenvalue weighted by molar-refractivity contribution is 9.10. The number of halogens is 1. The maximum Gasteiger partial charge on any atom is 0.305 e. The molecule has 0 aliphatic heterocycles. The van der Waals surface area contributed by atoms with Crippen LogP contribution in [0.3, 0.4) is 0 Å². The van der Waals surface area contributed by atoms with E-state index in [9.17, 15) is 4.79 Å². The third-order valence-corrected chi connectivity index (χ3v) is 2.92. The Morgan fingerprint density at radius 2 is 2.12 bits per heavy atom. The van der Waals surface area contributed by atoms with E-state index in [1.165, 1.54) is 0 Å². The molecule has 0 bridgehead atoms. The number of benzene rings is 1. The van der Waals surface area contributed by atoms with Gasteiger partial charge in [-0.25, -0.2) is 0 Å². The summed E-state index contributed by atoms with van der Waals surface area (Å²) in [6.45, 7) is 6.95. The maximum absolute atomic E-state index is 10.6. The zero-order valence-electron chi connectivity index (χ0n) is 9.82. The fraction of sp³-hybridized carbons (Fsp3) is 0.308. The first-order valence-corrected chi connectivity index (χ1v) is 6.15. The van der Waals surface area contributed by atoms with Gasteiger partial charge in [-0.1, -0.05) is 24.3 Å². The van der Waals surface area contributed by atoms with E-state index >= 15 is 0 Å². The van der Waals surface area contributed by atoms with Gasteiger partial charge in [0.05, 0.1) is 12.1 Å². The van der Waals surface area contributed by atoms with Crippen LogP contribution >= 0.6 is 15.9 Å². The van der Waals surface area contributed by atoms with Crippen molar-refractivity contribution >= 4 is 27.6 Å². The molecule has 0 saturated carbocycles. The molecular weight excluding hydrogens is 282 g/mol. The van der Waals surface area contributed by atoms with Gasteiger partial charge >= 0.3 is 5.97 Å². The molecule has 0 aromatic heterocycles. The number of rotatable bonds is 6. The monoisotopic (exact) mass is 297 g/mol. The van der Waals surface area contributed by atoms with Crippen molar-refractivity contribution in [2.24, 2.45) is 0 Å². The van der Waals surface area contributed by atoms with Crippen molar-refractivity contribution in [3.05, 3.63) is 40.9 Å². The Morgan fingerprint density at radius 3 is 2.65 bits per heavy atom. The zero-order valence-corrected chi connectivity index (χ0v) is 11.4. The molecule has 3 nitrogen and oxygen atoms in total. The van der Waals surface area contributed by atoms with Gasteiger partial charge in [-0.05, 0) is 35.0 Å². The second kappa shape index (κ2) is 6.45. The fourth-order valence-electron chi connectivity index (χ4n) is 1.55. The molecule has 0 atom stereocenters. The Labute approximate surface area is 110 Å². The van der Waals surface area contributed by atoms with Crippen molar-refractivity contribution in [2.75, 3.05) is 18.0 Å². The van der Waals surface area contributed by atoms with Gasteiger partial charge in [-0.3, -0.25) is 4.79 Å². The quantitative estimate of drug-likeness (QED) is 0.819. The van der Waals surface area contributed by atoms with Crippen LogP contribution in [0.4, 0.5) is 5.69 Å². The van der Waals surface area contributed by atoms with E-state index in [1.807, 2.05) is 36.1 Å². The van der Waals surface area contributed by atoms with Gasteiger partial charge in [0.1, 0.15) is 0 Å². The molecule has 1 aromatic rings. The molecule has 1 aromatic carbocycles. The molecule has 0 fully saturated rings. The molecule has 1 N–H and O–H groups in total. The van der Waals surface area contributed by atoms with Crippen molar-refractivity contribution < 1.29 is 9.90 Å². The van der Waals surface area contributed by atoms with E-state index < -0.39 is 5.97 Å². The number of para-hydroxylation sites is 1. The average molecular weight is 298 g/mol. The number of anilines is 1. The first kappa shape index (κ1) is 13.8. The number of nitrogens with zero attached hydrogens (tertiary/aromatic N) is 1. The third-order valence-electron chi connectivity index (χ3n) is 2.25. The number of hydrogen-bond donors (Lipinski definition) is 1. The van der Waals surface area contributed by atoms with Crippen LogP contribution in [0.25, 0.3) is 0 Å². The summed E-state index contributed by atoms with van der Waals surface area (Å²) in [6.07, 6.45) is 0.120. The fourth-order valence-corrected chi connectivity index (χ4v) is 2.08. The predicted octanol–water partition coefficient (Wildman–Crippen LogP) is 3.31. The predicted molar refractivity (Wildman–Crippen MR) is 73.4 cm³/mol. The highest BCUT2D eigenvalue weighted by Crippen LogP contribution is 2.26. The molecule has 0 unspecified atom stereocenters. The molecule has 0 radical (unpaired) electrons. The SMILES string of the molecule is C=C(C)CN(CCC(=O)O)c1ccccc1Br. The molecule has 0 saturated heterocycles. The van der Waals surface area contributed by atoms with E-state index in [0.717, 1.165) is 15.7 Å². The van der Waals surface area contributed by atoms with E-state index in [0.29, 0.717) is 13.1 Å². The topological polar surface area (TPSA) is 40.5 Å². The lowest BCUT2D eigenvalue weighted by atomic mass is 10.2. The van der Waals surface area contributed by atoms with Crippen molar-refractivity contribution in [3.8, 4) is 0 Å². The van der Waals surface area contributed by atoms with Crippen molar-refractivity contribution in [1.82, 2.24) is 0 Å². The molecule has 0 aliphatic rings. The lowest BCUT2D eigenvalue weighted by Crippen LogP contribution is -2.28. The summed E-state index contributed by atoms with van der Waals surface area (Å²) in [6, 6.07) is 7.78. The summed E-state index contributed by atoms with van der Waals surface area (Å²) in [5, 5.41) is 8.75. The van der Waals surface area contributed by atoms with Gasteiger partial charge in [0.2, 0.25) is 0 Å². The van der Waals surface area contributed by atoms with Gasteiger partial charge in [0, 0.05) is 17.6 Å². The van der Waals surface area contributed by atoms with Gasteiger partial charge in [-0.15, -0.1) is 0 Å². The summed E-state index contributed by atoms with van der Waals surface area (Å²) in [5.74, 6) is -0.788. The average Bonchev–Trinajstić information content (AvgIpc) is 2.24. The Balaban J connectivity index is 2.85. The van der Waals surface area contributed by atoms with Gasteiger partial charge in [-0.2, -0.15) is 0 Å². The van der Waals surface area contributed by atoms with E-state index in [1.54, 1.807) is 0 Å². The smallest absolute Gasteiger partial charge is 0.305 e. The summed E-state index contributed by atoms with van der Waals surface area (Å²) in [7, 11) is 0. The van der Waals surface area contributed by atoms with E-state index in [2.05, 4.69) is 22.5 Å². The minimum Gasteiger partial charge on any atom is -0.481 e. The number of aliphatic carboxylic acids is 1. The maximum atomic E-state index is 10.6. The zero-order chi connectivity index (χ0) is 12.8. The molecule has 0 aliphatic carbocycles. The van der Waals surface area contributed by atoms with Crippen molar-refractivity contribution in [3.63, 3.8) is 0 Å². The molecule has 0 spiro atoms. The van der Waals surface area contributed by atoms with Crippen LogP contribution in [0.2, 0.25) is 0 Å². The van der Waals surface area contributed by atoms with E-state index in [4.69, 9.17) is 5.11 Å². The number of carbonyl (C=O) groups is 1. The van der Waals surface area contributed by atoms with Crippen LogP contribution in [0, 0.1) is 0 Å². The first-order valence-electron chi connectivity index (χ1n) is 5.36. The van der Waals surface area contributed by atoms with Crippen LogP contribution in [-0.2, 0) is 4.79 Å². The second-order valence-electron chi connectivity index (χ2n) is 3.97. The van der Waals surface area contributed by atoms with Gasteiger partial charge in [0.25, 0.3) is 0 Å². The highest BCUT2D eigenvalue weighted by Gasteiger charge is 2.11. The summed E-state index contributed by atoms with van der Waals surface area (Å²) in [4.78, 5) is 12.7. The van der Waals surface area contributed by atoms with E-state index in [-0.39, 0.29) is 6.42 Å². The lowest BCUT2D eigenvalue weighted by molar-refractivity contribution is -0.136. The molecule has 0 amide bonds. The second-order valence-corrected chi connectivity index (χ2v) is 4.83.